The summed E-state index contributed by atoms with van der Waals surface area (Å²) in [5, 5.41) is 23.3. The topological polar surface area (TPSA) is 59.3 Å². The molecule has 2 N–H and O–H groups in total. The standard InChI is InChI=1S/C20H30BN3O/c1-16-4-3-5-18(12-16)20(15-22)9-6-19(7-10-20)23-13-17-8-11-24(14-17)21(2)25/h3-5,12,17,19,23,25H,6-11,13-14H2,1-2H3. The van der Waals surface area contributed by atoms with E-state index in [0.717, 1.165) is 51.7 Å². The van der Waals surface area contributed by atoms with Gasteiger partial charge in [-0.2, -0.15) is 5.26 Å². The highest BCUT2D eigenvalue weighted by Gasteiger charge is 2.37. The number of hydrogen-bond acceptors (Lipinski definition) is 4. The van der Waals surface area contributed by atoms with Gasteiger partial charge >= 0.3 is 7.05 Å². The van der Waals surface area contributed by atoms with E-state index in [4.69, 9.17) is 0 Å². The quantitative estimate of drug-likeness (QED) is 0.810. The van der Waals surface area contributed by atoms with Crippen molar-refractivity contribution in [2.24, 2.45) is 5.92 Å². The summed E-state index contributed by atoms with van der Waals surface area (Å²) in [4.78, 5) is 2.14. The Morgan fingerprint density at radius 1 is 1.36 bits per heavy atom. The van der Waals surface area contributed by atoms with Gasteiger partial charge in [0.05, 0.1) is 11.5 Å². The van der Waals surface area contributed by atoms with Gasteiger partial charge in [-0.15, -0.1) is 0 Å². The fraction of sp³-hybridized carbons (Fsp3) is 0.650. The molecule has 0 aromatic heterocycles. The zero-order chi connectivity index (χ0) is 17.9. The Labute approximate surface area is 152 Å². The number of aryl methyl sites for hydroxylation is 1. The summed E-state index contributed by atoms with van der Waals surface area (Å²) >= 11 is 0. The summed E-state index contributed by atoms with van der Waals surface area (Å²) in [7, 11) is -0.328. The van der Waals surface area contributed by atoms with E-state index in [2.05, 4.69) is 47.4 Å². The molecule has 1 unspecified atom stereocenters. The average molecular weight is 339 g/mol. The highest BCUT2D eigenvalue weighted by molar-refractivity contribution is 6.45. The molecule has 1 aromatic carbocycles. The molecule has 0 spiro atoms. The minimum Gasteiger partial charge on any atom is -0.437 e. The SMILES string of the molecule is CB(O)N1CCC(CNC2CCC(C#N)(c3cccc(C)c3)CC2)C1. The van der Waals surface area contributed by atoms with Crippen LogP contribution in [0.25, 0.3) is 0 Å². The van der Waals surface area contributed by atoms with Crippen molar-refractivity contribution in [2.75, 3.05) is 19.6 Å². The molecule has 0 radical (unpaired) electrons. The van der Waals surface area contributed by atoms with Crippen LogP contribution in [0.4, 0.5) is 0 Å². The van der Waals surface area contributed by atoms with Crippen molar-refractivity contribution < 1.29 is 5.02 Å². The van der Waals surface area contributed by atoms with Crippen molar-refractivity contribution >= 4 is 7.05 Å². The highest BCUT2D eigenvalue weighted by atomic mass is 16.2. The van der Waals surface area contributed by atoms with E-state index in [-0.39, 0.29) is 12.5 Å². The van der Waals surface area contributed by atoms with Crippen LogP contribution in [0.1, 0.15) is 43.2 Å². The molecule has 1 atom stereocenters. The summed E-state index contributed by atoms with van der Waals surface area (Å²) in [6, 6.07) is 11.6. The summed E-state index contributed by atoms with van der Waals surface area (Å²) in [6.07, 6.45) is 5.17. The first-order chi connectivity index (χ1) is 12.0. The summed E-state index contributed by atoms with van der Waals surface area (Å²) in [6.45, 7) is 6.96. The molecule has 0 amide bonds. The first kappa shape index (κ1) is 18.4. The normalized spacial score (nSPS) is 30.2. The molecular weight excluding hydrogens is 309 g/mol. The molecule has 25 heavy (non-hydrogen) atoms. The molecule has 4 nitrogen and oxygen atoms in total. The first-order valence-electron chi connectivity index (χ1n) is 9.66. The third-order valence-corrected chi connectivity index (χ3v) is 6.16. The minimum absolute atomic E-state index is 0.305. The fourth-order valence-electron chi connectivity index (χ4n) is 4.42. The lowest BCUT2D eigenvalue weighted by Crippen LogP contribution is -2.41. The van der Waals surface area contributed by atoms with Crippen LogP contribution in [0.5, 0.6) is 0 Å². The third kappa shape index (κ3) is 4.26. The molecule has 1 heterocycles. The van der Waals surface area contributed by atoms with Crippen LogP contribution >= 0.6 is 0 Å². The molecule has 0 bridgehead atoms. The van der Waals surface area contributed by atoms with Crippen molar-refractivity contribution in [3.8, 4) is 6.07 Å². The smallest absolute Gasteiger partial charge is 0.376 e. The molecule has 1 aliphatic carbocycles. The second kappa shape index (κ2) is 7.91. The van der Waals surface area contributed by atoms with Crippen LogP contribution in [-0.4, -0.2) is 42.6 Å². The van der Waals surface area contributed by atoms with Crippen LogP contribution in [-0.2, 0) is 5.41 Å². The lowest BCUT2D eigenvalue weighted by molar-refractivity contribution is 0.285. The van der Waals surface area contributed by atoms with Crippen LogP contribution in [0, 0.1) is 24.2 Å². The summed E-state index contributed by atoms with van der Waals surface area (Å²) in [5.74, 6) is 0.633. The first-order valence-corrected chi connectivity index (χ1v) is 9.66. The Bertz CT molecular complexity index is 620. The van der Waals surface area contributed by atoms with Gasteiger partial charge < -0.3 is 15.2 Å². The van der Waals surface area contributed by atoms with E-state index in [1.54, 1.807) is 0 Å². The molecule has 3 rings (SSSR count). The van der Waals surface area contributed by atoms with Crippen molar-refractivity contribution in [3.05, 3.63) is 35.4 Å². The number of nitrogens with one attached hydrogen (secondary N) is 1. The van der Waals surface area contributed by atoms with Gasteiger partial charge in [0.1, 0.15) is 0 Å². The summed E-state index contributed by atoms with van der Waals surface area (Å²) < 4.78 is 0. The lowest BCUT2D eigenvalue weighted by atomic mass is 9.69. The number of benzene rings is 1. The molecular formula is C20H30BN3O. The van der Waals surface area contributed by atoms with E-state index in [9.17, 15) is 10.3 Å². The lowest BCUT2D eigenvalue weighted by Gasteiger charge is -2.36. The molecule has 1 aliphatic heterocycles. The van der Waals surface area contributed by atoms with E-state index in [1.807, 2.05) is 6.82 Å². The Hall–Kier alpha value is -1.35. The Morgan fingerprint density at radius 2 is 2.12 bits per heavy atom. The zero-order valence-corrected chi connectivity index (χ0v) is 15.5. The van der Waals surface area contributed by atoms with Gasteiger partial charge in [0.25, 0.3) is 0 Å². The maximum atomic E-state index is 9.86. The number of hydrogen-bond donors (Lipinski definition) is 2. The van der Waals surface area contributed by atoms with Gasteiger partial charge in [0.15, 0.2) is 0 Å². The number of nitrogens with zero attached hydrogens (tertiary/aromatic N) is 2. The average Bonchev–Trinajstić information content (AvgIpc) is 3.10. The van der Waals surface area contributed by atoms with Crippen molar-refractivity contribution in [3.63, 3.8) is 0 Å². The third-order valence-electron chi connectivity index (χ3n) is 6.16. The number of rotatable bonds is 5. The van der Waals surface area contributed by atoms with Crippen molar-refractivity contribution in [2.45, 2.75) is 57.3 Å². The van der Waals surface area contributed by atoms with E-state index < -0.39 is 0 Å². The molecule has 134 valence electrons. The molecule has 5 heteroatoms. The number of nitriles is 1. The molecule has 2 aliphatic rings. The van der Waals surface area contributed by atoms with E-state index in [1.165, 1.54) is 11.1 Å². The van der Waals surface area contributed by atoms with E-state index in [0.29, 0.717) is 12.0 Å². The van der Waals surface area contributed by atoms with Gasteiger partial charge in [0.2, 0.25) is 0 Å². The minimum atomic E-state index is -0.328. The molecule has 1 aromatic rings. The van der Waals surface area contributed by atoms with Crippen LogP contribution < -0.4 is 5.32 Å². The largest absolute Gasteiger partial charge is 0.437 e. The molecule has 2 fully saturated rings. The predicted octanol–water partition coefficient (Wildman–Crippen LogP) is 2.72. The molecule has 1 saturated heterocycles. The van der Waals surface area contributed by atoms with Crippen LogP contribution in [0.15, 0.2) is 24.3 Å². The van der Waals surface area contributed by atoms with Gasteiger partial charge in [-0.25, -0.2) is 0 Å². The molecule has 1 saturated carbocycles. The zero-order valence-electron chi connectivity index (χ0n) is 15.5. The fourth-order valence-corrected chi connectivity index (χ4v) is 4.42. The highest BCUT2D eigenvalue weighted by Crippen LogP contribution is 2.39. The Morgan fingerprint density at radius 3 is 2.72 bits per heavy atom. The maximum absolute atomic E-state index is 9.86. The maximum Gasteiger partial charge on any atom is 0.376 e. The van der Waals surface area contributed by atoms with Gasteiger partial charge in [-0.3, -0.25) is 0 Å². The second-order valence-electron chi connectivity index (χ2n) is 8.03. The van der Waals surface area contributed by atoms with Gasteiger partial charge in [-0.1, -0.05) is 29.8 Å². The van der Waals surface area contributed by atoms with Crippen LogP contribution in [0.3, 0.4) is 0 Å². The second-order valence-corrected chi connectivity index (χ2v) is 8.03. The monoisotopic (exact) mass is 339 g/mol. The van der Waals surface area contributed by atoms with Crippen LogP contribution in [0.2, 0.25) is 6.82 Å². The Kier molecular flexibility index (Phi) is 5.83. The predicted molar refractivity (Wildman–Crippen MR) is 102 cm³/mol. The Balaban J connectivity index is 1.51. The van der Waals surface area contributed by atoms with Gasteiger partial charge in [-0.05, 0) is 77.0 Å². The van der Waals surface area contributed by atoms with E-state index >= 15 is 0 Å². The summed E-state index contributed by atoms with van der Waals surface area (Å²) in [5.41, 5.74) is 2.12. The van der Waals surface area contributed by atoms with Crippen molar-refractivity contribution in [1.82, 2.24) is 10.1 Å². The van der Waals surface area contributed by atoms with Crippen molar-refractivity contribution in [1.29, 1.82) is 5.26 Å². The van der Waals surface area contributed by atoms with Gasteiger partial charge in [0, 0.05) is 6.04 Å².